The van der Waals surface area contributed by atoms with E-state index in [9.17, 15) is 13.2 Å². The summed E-state index contributed by atoms with van der Waals surface area (Å²) in [6.07, 6.45) is -1.35. The van der Waals surface area contributed by atoms with Crippen LogP contribution >= 0.6 is 0 Å². The lowest BCUT2D eigenvalue weighted by Gasteiger charge is -2.38. The van der Waals surface area contributed by atoms with Gasteiger partial charge in [-0.3, -0.25) is 4.90 Å². The fraction of sp³-hybridized carbons (Fsp3) is 1.00. The van der Waals surface area contributed by atoms with Crippen LogP contribution in [0.5, 0.6) is 0 Å². The van der Waals surface area contributed by atoms with Crippen molar-refractivity contribution in [1.82, 2.24) is 10.2 Å². The second-order valence-electron chi connectivity index (χ2n) is 5.10. The molecule has 1 heterocycles. The van der Waals surface area contributed by atoms with E-state index in [0.717, 1.165) is 25.9 Å². The highest BCUT2D eigenvalue weighted by Gasteiger charge is 2.41. The van der Waals surface area contributed by atoms with Crippen LogP contribution in [0, 0.1) is 5.92 Å². The summed E-state index contributed by atoms with van der Waals surface area (Å²) in [7, 11) is 0. The van der Waals surface area contributed by atoms with Crippen LogP contribution in [0.1, 0.15) is 39.5 Å². The van der Waals surface area contributed by atoms with Crippen LogP contribution < -0.4 is 5.32 Å². The van der Waals surface area contributed by atoms with Gasteiger partial charge < -0.3 is 5.32 Å². The van der Waals surface area contributed by atoms with Gasteiger partial charge in [-0.1, -0.05) is 20.3 Å². The number of alkyl halides is 3. The number of likely N-dealkylation sites (N-methyl/N-ethyl adjacent to an activating group) is 1. The average molecular weight is 266 g/mol. The van der Waals surface area contributed by atoms with Crippen LogP contribution in [0.4, 0.5) is 13.2 Å². The smallest absolute Gasteiger partial charge is 0.315 e. The van der Waals surface area contributed by atoms with E-state index < -0.39 is 12.1 Å². The summed E-state index contributed by atoms with van der Waals surface area (Å²) in [5, 5.41) is 3.31. The number of rotatable bonds is 6. The van der Waals surface area contributed by atoms with Crippen molar-refractivity contribution in [3.63, 3.8) is 0 Å². The summed E-state index contributed by atoms with van der Waals surface area (Å²) in [4.78, 5) is 2.23. The highest BCUT2D eigenvalue weighted by molar-refractivity contribution is 4.82. The van der Waals surface area contributed by atoms with Gasteiger partial charge in [-0.2, -0.15) is 13.2 Å². The maximum atomic E-state index is 12.6. The molecule has 0 aromatic carbocycles. The molecule has 0 aromatic heterocycles. The van der Waals surface area contributed by atoms with E-state index in [1.165, 1.54) is 0 Å². The summed E-state index contributed by atoms with van der Waals surface area (Å²) in [6, 6.07) is 0.393. The summed E-state index contributed by atoms with van der Waals surface area (Å²) in [6.45, 7) is 7.15. The van der Waals surface area contributed by atoms with Gasteiger partial charge in [-0.15, -0.1) is 0 Å². The van der Waals surface area contributed by atoms with Gasteiger partial charge in [0.15, 0.2) is 0 Å². The van der Waals surface area contributed by atoms with Crippen molar-refractivity contribution in [2.75, 3.05) is 26.2 Å². The molecule has 1 unspecified atom stereocenters. The molecule has 1 N–H and O–H groups in total. The van der Waals surface area contributed by atoms with Gasteiger partial charge in [-0.25, -0.2) is 0 Å². The van der Waals surface area contributed by atoms with Gasteiger partial charge in [0.05, 0.1) is 5.92 Å². The summed E-state index contributed by atoms with van der Waals surface area (Å²) < 4.78 is 37.8. The molecule has 1 atom stereocenters. The number of hydrogen-bond donors (Lipinski definition) is 1. The fourth-order valence-corrected chi connectivity index (χ4v) is 2.65. The first-order valence-electron chi connectivity index (χ1n) is 7.00. The Morgan fingerprint density at radius 2 is 1.83 bits per heavy atom. The lowest BCUT2D eigenvalue weighted by Crippen LogP contribution is -2.48. The molecule has 0 amide bonds. The topological polar surface area (TPSA) is 15.3 Å². The first kappa shape index (κ1) is 15.8. The zero-order valence-electron chi connectivity index (χ0n) is 11.4. The second kappa shape index (κ2) is 7.34. The molecular formula is C13H25F3N2. The Morgan fingerprint density at radius 3 is 2.28 bits per heavy atom. The monoisotopic (exact) mass is 266 g/mol. The van der Waals surface area contributed by atoms with Crippen LogP contribution in [0.2, 0.25) is 0 Å². The fourth-order valence-electron chi connectivity index (χ4n) is 2.65. The van der Waals surface area contributed by atoms with Crippen molar-refractivity contribution >= 4 is 0 Å². The van der Waals surface area contributed by atoms with Crippen molar-refractivity contribution in [3.05, 3.63) is 0 Å². The number of likely N-dealkylation sites (tertiary alicyclic amines) is 1. The Hall–Kier alpha value is -0.290. The van der Waals surface area contributed by atoms with E-state index in [1.807, 2.05) is 0 Å². The molecule has 2 nitrogen and oxygen atoms in total. The summed E-state index contributed by atoms with van der Waals surface area (Å²) >= 11 is 0. The molecular weight excluding hydrogens is 241 g/mol. The van der Waals surface area contributed by atoms with Gasteiger partial charge >= 0.3 is 6.18 Å². The van der Waals surface area contributed by atoms with E-state index in [2.05, 4.69) is 24.1 Å². The Morgan fingerprint density at radius 1 is 1.22 bits per heavy atom. The van der Waals surface area contributed by atoms with Crippen molar-refractivity contribution in [2.24, 2.45) is 5.92 Å². The number of nitrogens with zero attached hydrogens (tertiary/aromatic N) is 1. The molecule has 0 bridgehead atoms. The minimum atomic E-state index is -4.01. The van der Waals surface area contributed by atoms with Crippen LogP contribution in [0.3, 0.4) is 0 Å². The first-order chi connectivity index (χ1) is 8.49. The Kier molecular flexibility index (Phi) is 6.43. The van der Waals surface area contributed by atoms with Gasteiger partial charge in [-0.05, 0) is 38.9 Å². The molecule has 1 saturated heterocycles. The van der Waals surface area contributed by atoms with Crippen molar-refractivity contribution in [2.45, 2.75) is 51.7 Å². The molecule has 0 spiro atoms. The van der Waals surface area contributed by atoms with E-state index in [0.29, 0.717) is 19.1 Å². The molecule has 1 rings (SSSR count). The lowest BCUT2D eigenvalue weighted by molar-refractivity contribution is -0.186. The van der Waals surface area contributed by atoms with Gasteiger partial charge in [0.2, 0.25) is 0 Å². The van der Waals surface area contributed by atoms with E-state index >= 15 is 0 Å². The van der Waals surface area contributed by atoms with Crippen LogP contribution in [-0.4, -0.2) is 43.3 Å². The number of nitrogens with one attached hydrogen (secondary N) is 1. The molecule has 1 fully saturated rings. The molecule has 1 aliphatic rings. The third-order valence-corrected chi connectivity index (χ3v) is 3.76. The van der Waals surface area contributed by atoms with E-state index in [1.54, 1.807) is 0 Å². The molecule has 18 heavy (non-hydrogen) atoms. The SMILES string of the molecule is CCCC(CNCC)N1CCC(C(F)(F)F)CC1. The minimum absolute atomic E-state index is 0.260. The zero-order chi connectivity index (χ0) is 13.6. The summed E-state index contributed by atoms with van der Waals surface area (Å²) in [5.74, 6) is -1.09. The number of hydrogen-bond acceptors (Lipinski definition) is 2. The maximum Gasteiger partial charge on any atom is 0.391 e. The van der Waals surface area contributed by atoms with Crippen molar-refractivity contribution in [3.8, 4) is 0 Å². The Bertz CT molecular complexity index is 223. The van der Waals surface area contributed by atoms with Crippen molar-refractivity contribution < 1.29 is 13.2 Å². The number of piperidine rings is 1. The molecule has 0 saturated carbocycles. The van der Waals surface area contributed by atoms with Crippen LogP contribution in [0.25, 0.3) is 0 Å². The van der Waals surface area contributed by atoms with Gasteiger partial charge in [0.1, 0.15) is 0 Å². The maximum absolute atomic E-state index is 12.6. The van der Waals surface area contributed by atoms with Crippen LogP contribution in [0.15, 0.2) is 0 Å². The quantitative estimate of drug-likeness (QED) is 0.795. The third kappa shape index (κ3) is 4.76. The molecule has 108 valence electrons. The zero-order valence-corrected chi connectivity index (χ0v) is 11.4. The lowest BCUT2D eigenvalue weighted by atomic mass is 9.94. The van der Waals surface area contributed by atoms with E-state index in [4.69, 9.17) is 0 Å². The standard InChI is InChI=1S/C13H25F3N2/c1-3-5-12(10-17-4-2)18-8-6-11(7-9-18)13(14,15)16/h11-12,17H,3-10H2,1-2H3. The van der Waals surface area contributed by atoms with E-state index in [-0.39, 0.29) is 12.8 Å². The number of halogens is 3. The summed E-state index contributed by atoms with van der Waals surface area (Å²) in [5.41, 5.74) is 0. The normalized spacial score (nSPS) is 21.2. The largest absolute Gasteiger partial charge is 0.391 e. The predicted octanol–water partition coefficient (Wildman–Crippen LogP) is 3.04. The molecule has 0 radical (unpaired) electrons. The molecule has 1 aliphatic heterocycles. The van der Waals surface area contributed by atoms with Gasteiger partial charge in [0, 0.05) is 12.6 Å². The Labute approximate surface area is 108 Å². The average Bonchev–Trinajstić information content (AvgIpc) is 2.33. The van der Waals surface area contributed by atoms with Gasteiger partial charge in [0.25, 0.3) is 0 Å². The van der Waals surface area contributed by atoms with Crippen molar-refractivity contribution in [1.29, 1.82) is 0 Å². The second-order valence-corrected chi connectivity index (χ2v) is 5.10. The minimum Gasteiger partial charge on any atom is -0.315 e. The van der Waals surface area contributed by atoms with Crippen LogP contribution in [-0.2, 0) is 0 Å². The highest BCUT2D eigenvalue weighted by atomic mass is 19.4. The molecule has 5 heteroatoms. The molecule has 0 aliphatic carbocycles. The molecule has 0 aromatic rings. The first-order valence-corrected chi connectivity index (χ1v) is 7.00. The Balaban J connectivity index is 2.43. The predicted molar refractivity (Wildman–Crippen MR) is 67.6 cm³/mol. The third-order valence-electron chi connectivity index (χ3n) is 3.76. The highest BCUT2D eigenvalue weighted by Crippen LogP contribution is 2.34.